The lowest BCUT2D eigenvalue weighted by atomic mass is 9.99. The highest BCUT2D eigenvalue weighted by Crippen LogP contribution is 2.13. The first-order chi connectivity index (χ1) is 24.5. The molecule has 1 unspecified atom stereocenters. The van der Waals surface area contributed by atoms with E-state index in [4.69, 9.17) is 16.2 Å². The second-order valence-corrected chi connectivity index (χ2v) is 12.8. The quantitative estimate of drug-likeness (QED) is 0.0222. The number of hydrogen-bond acceptors (Lipinski definition) is 10. The number of ether oxygens (including phenoxy) is 1. The molecule has 2 aromatic carbocycles. The fraction of sp³-hybridized carbons (Fsp3) is 0.400. The molecule has 0 aliphatic heterocycles. The number of nitrogens with two attached hydrogens (primary N) is 2. The molecule has 0 fully saturated rings. The largest absolute Gasteiger partial charge is 0.464 e. The van der Waals surface area contributed by atoms with Gasteiger partial charge in [-0.2, -0.15) is 0 Å². The average Bonchev–Trinajstić information content (AvgIpc) is 3.65. The lowest BCUT2D eigenvalue weighted by molar-refractivity contribution is -0.145. The summed E-state index contributed by atoms with van der Waals surface area (Å²) in [5.74, 6) is -2.61. The molecular formula is C35H47N9O6S. The van der Waals surface area contributed by atoms with E-state index in [0.29, 0.717) is 6.42 Å². The fourth-order valence-corrected chi connectivity index (χ4v) is 5.64. The molecule has 9 N–H and O–H groups in total. The van der Waals surface area contributed by atoms with E-state index in [1.54, 1.807) is 26.2 Å². The molecule has 0 saturated heterocycles. The van der Waals surface area contributed by atoms with Crippen LogP contribution in [0.2, 0.25) is 0 Å². The maximum atomic E-state index is 13.8. The predicted molar refractivity (Wildman–Crippen MR) is 194 cm³/mol. The van der Waals surface area contributed by atoms with Crippen LogP contribution in [0, 0.1) is 5.92 Å². The molecule has 0 spiro atoms. The van der Waals surface area contributed by atoms with Gasteiger partial charge in [-0.1, -0.05) is 74.5 Å². The van der Waals surface area contributed by atoms with Crippen molar-refractivity contribution < 1.29 is 28.7 Å². The molecule has 0 aliphatic carbocycles. The lowest BCUT2D eigenvalue weighted by Gasteiger charge is -2.27. The number of esters is 1. The second kappa shape index (κ2) is 21.0. The molecule has 274 valence electrons. The number of aromatic nitrogens is 1. The summed E-state index contributed by atoms with van der Waals surface area (Å²) >= 11 is 1.15. The van der Waals surface area contributed by atoms with Crippen LogP contribution in [0.25, 0.3) is 0 Å². The van der Waals surface area contributed by atoms with Gasteiger partial charge in [0.2, 0.25) is 17.6 Å². The highest BCUT2D eigenvalue weighted by atomic mass is 32.1. The number of benzene rings is 2. The van der Waals surface area contributed by atoms with Crippen molar-refractivity contribution >= 4 is 46.9 Å². The molecule has 0 bridgehead atoms. The van der Waals surface area contributed by atoms with Crippen LogP contribution in [-0.2, 0) is 32.0 Å². The Bertz CT molecular complexity index is 1590. The number of rotatable bonds is 20. The van der Waals surface area contributed by atoms with Crippen LogP contribution in [0.1, 0.15) is 54.5 Å². The summed E-state index contributed by atoms with van der Waals surface area (Å²) < 4.78 is 5.16. The number of carbonyl (C=O) groups is 5. The number of nitrogens with one attached hydrogen (secondary N) is 5. The summed E-state index contributed by atoms with van der Waals surface area (Å²) in [5.41, 5.74) is 17.7. The van der Waals surface area contributed by atoms with E-state index in [1.165, 1.54) is 6.20 Å². The predicted octanol–water partition coefficient (Wildman–Crippen LogP) is 1.59. The maximum Gasteiger partial charge on any atom is 0.329 e. The summed E-state index contributed by atoms with van der Waals surface area (Å²) in [6, 6.07) is 13.5. The van der Waals surface area contributed by atoms with Crippen LogP contribution in [-0.4, -0.2) is 77.9 Å². The average molecular weight is 722 g/mol. The third-order valence-electron chi connectivity index (χ3n) is 7.59. The SMILES string of the molecule is CCOC(=O)C(Cc1ccccc1)NC(=O)NN[C@@H](Cc1ccccc1)C(=O)N[C@H](C(=O)N[C@@H](CCCN=C(N)N)C(=O)c1nccs1)C(C)C. The van der Waals surface area contributed by atoms with Crippen LogP contribution in [0.4, 0.5) is 4.79 Å². The number of thiazole rings is 1. The van der Waals surface area contributed by atoms with Crippen molar-refractivity contribution in [2.45, 2.75) is 70.6 Å². The Hall–Kier alpha value is -5.35. The number of hydrazine groups is 1. The molecule has 16 heteroatoms. The van der Waals surface area contributed by atoms with E-state index in [-0.39, 0.29) is 55.1 Å². The topological polar surface area (TPSA) is 232 Å². The molecule has 3 aromatic rings. The summed E-state index contributed by atoms with van der Waals surface area (Å²) in [4.78, 5) is 74.5. The van der Waals surface area contributed by atoms with Gasteiger partial charge in [0.1, 0.15) is 18.1 Å². The highest BCUT2D eigenvalue weighted by Gasteiger charge is 2.32. The van der Waals surface area contributed by atoms with Gasteiger partial charge in [-0.25, -0.2) is 20.0 Å². The van der Waals surface area contributed by atoms with Crippen LogP contribution in [0.3, 0.4) is 0 Å². The smallest absolute Gasteiger partial charge is 0.329 e. The molecule has 0 saturated carbocycles. The van der Waals surface area contributed by atoms with Crippen LogP contribution >= 0.6 is 11.3 Å². The van der Waals surface area contributed by atoms with Gasteiger partial charge in [-0.05, 0) is 43.2 Å². The van der Waals surface area contributed by atoms with Gasteiger partial charge in [0.25, 0.3) is 0 Å². The normalized spacial score (nSPS) is 13.2. The summed E-state index contributed by atoms with van der Waals surface area (Å²) in [5, 5.41) is 10.1. The number of amides is 4. The van der Waals surface area contributed by atoms with Gasteiger partial charge in [0.15, 0.2) is 11.0 Å². The Labute approximate surface area is 301 Å². The summed E-state index contributed by atoms with van der Waals surface area (Å²) in [6.45, 7) is 5.57. The number of carbonyl (C=O) groups excluding carboxylic acids is 5. The highest BCUT2D eigenvalue weighted by molar-refractivity contribution is 7.11. The van der Waals surface area contributed by atoms with E-state index in [1.807, 2.05) is 60.7 Å². The molecule has 3 rings (SSSR count). The van der Waals surface area contributed by atoms with Gasteiger partial charge in [0.05, 0.1) is 12.6 Å². The number of aliphatic imine (C=N–C) groups is 1. The Morgan fingerprint density at radius 2 is 1.47 bits per heavy atom. The first kappa shape index (κ1) is 40.1. The maximum absolute atomic E-state index is 13.8. The monoisotopic (exact) mass is 721 g/mol. The first-order valence-corrected chi connectivity index (χ1v) is 17.5. The molecule has 1 aromatic heterocycles. The first-order valence-electron chi connectivity index (χ1n) is 16.6. The van der Waals surface area contributed by atoms with Gasteiger partial charge >= 0.3 is 12.0 Å². The van der Waals surface area contributed by atoms with Crippen LogP contribution < -0.4 is 38.3 Å². The molecule has 15 nitrogen and oxygen atoms in total. The number of urea groups is 1. The lowest BCUT2D eigenvalue weighted by Crippen LogP contribution is -2.60. The molecule has 0 radical (unpaired) electrons. The van der Waals surface area contributed by atoms with Gasteiger partial charge < -0.3 is 32.2 Å². The van der Waals surface area contributed by atoms with E-state index in [2.05, 4.69) is 36.8 Å². The minimum absolute atomic E-state index is 0.0824. The molecule has 51 heavy (non-hydrogen) atoms. The molecular weight excluding hydrogens is 675 g/mol. The Morgan fingerprint density at radius 1 is 0.843 bits per heavy atom. The standard InChI is InChI=1S/C35H47N9O6S/c1-4-50-33(48)27(21-24-14-9-6-10-15-24)41-35(49)44-43-26(20-23-12-7-5-8-13-23)30(46)42-28(22(2)3)31(47)40-25(16-11-17-39-34(36)37)29(45)32-38-18-19-51-32/h5-10,12-15,18-19,22,25-28,43H,4,11,16-17,20-21H2,1-3H3,(H,40,47)(H,42,46)(H4,36,37,39)(H2,41,44,49)/t25-,26-,27?,28-/m0/s1. The van der Waals surface area contributed by atoms with Gasteiger partial charge in [0, 0.05) is 24.5 Å². The molecule has 0 aliphatic rings. The molecule has 1 heterocycles. The van der Waals surface area contributed by atoms with Crippen LogP contribution in [0.15, 0.2) is 77.2 Å². The van der Waals surface area contributed by atoms with Crippen LogP contribution in [0.5, 0.6) is 0 Å². The molecule has 4 atom stereocenters. The zero-order valence-electron chi connectivity index (χ0n) is 29.0. The minimum atomic E-state index is -1.05. The summed E-state index contributed by atoms with van der Waals surface area (Å²) in [6.07, 6.45) is 2.46. The van der Waals surface area contributed by atoms with Gasteiger partial charge in [-0.15, -0.1) is 11.3 Å². The van der Waals surface area contributed by atoms with Crippen molar-refractivity contribution in [3.63, 3.8) is 0 Å². The number of guanidine groups is 1. The van der Waals surface area contributed by atoms with Crippen molar-refractivity contribution in [1.82, 2.24) is 31.8 Å². The number of Topliss-reactive ketones (excluding diaryl/α,β-unsaturated/α-hetero) is 1. The van der Waals surface area contributed by atoms with E-state index < -0.39 is 48.0 Å². The Kier molecular flexibility index (Phi) is 16.5. The Morgan fingerprint density at radius 3 is 2.02 bits per heavy atom. The number of ketones is 1. The van der Waals surface area contributed by atoms with Crippen molar-refractivity contribution in [2.75, 3.05) is 13.2 Å². The van der Waals surface area contributed by atoms with Crippen molar-refractivity contribution in [3.8, 4) is 0 Å². The summed E-state index contributed by atoms with van der Waals surface area (Å²) in [7, 11) is 0. The van der Waals surface area contributed by atoms with Crippen molar-refractivity contribution in [3.05, 3.63) is 88.4 Å². The number of nitrogens with zero attached hydrogens (tertiary/aromatic N) is 2. The Balaban J connectivity index is 1.74. The van der Waals surface area contributed by atoms with Crippen molar-refractivity contribution in [2.24, 2.45) is 22.4 Å². The zero-order chi connectivity index (χ0) is 37.2. The third kappa shape index (κ3) is 13.8. The van der Waals surface area contributed by atoms with E-state index >= 15 is 0 Å². The molecule has 4 amide bonds. The van der Waals surface area contributed by atoms with Crippen molar-refractivity contribution in [1.29, 1.82) is 0 Å². The third-order valence-corrected chi connectivity index (χ3v) is 8.37. The number of hydrogen-bond donors (Lipinski definition) is 7. The van der Waals surface area contributed by atoms with E-state index in [9.17, 15) is 24.0 Å². The fourth-order valence-electron chi connectivity index (χ4n) is 5.01. The van der Waals surface area contributed by atoms with Gasteiger partial charge in [-0.3, -0.25) is 24.8 Å². The minimum Gasteiger partial charge on any atom is -0.464 e. The zero-order valence-corrected chi connectivity index (χ0v) is 29.8. The second-order valence-electron chi connectivity index (χ2n) is 11.9. The van der Waals surface area contributed by atoms with E-state index in [0.717, 1.165) is 22.5 Å².